The molecule has 0 aliphatic carbocycles. The maximum atomic E-state index is 7.25. The van der Waals surface area contributed by atoms with E-state index in [2.05, 4.69) is 52.4 Å². The zero-order chi connectivity index (χ0) is 21.8. The van der Waals surface area contributed by atoms with Crippen molar-refractivity contribution in [1.82, 2.24) is 0 Å². The van der Waals surface area contributed by atoms with Crippen LogP contribution in [0.1, 0.15) is 12.8 Å². The summed E-state index contributed by atoms with van der Waals surface area (Å²) in [6.45, 7) is 25.2. The van der Waals surface area contributed by atoms with E-state index in [0.717, 1.165) is 52.5 Å². The number of ether oxygens (including phenoxy) is 4. The van der Waals surface area contributed by atoms with Crippen LogP contribution in [0.5, 0.6) is 0 Å². The third-order valence-corrected chi connectivity index (χ3v) is 44.1. The molecule has 0 saturated carbocycles. The van der Waals surface area contributed by atoms with Crippen LogP contribution in [-0.4, -0.2) is 82.7 Å². The lowest BCUT2D eigenvalue weighted by Crippen LogP contribution is -2.67. The molecule has 172 valence electrons. The Labute approximate surface area is 183 Å². The molecule has 0 aromatic heterocycles. The van der Waals surface area contributed by atoms with Crippen molar-refractivity contribution in [1.29, 1.82) is 0 Å². The van der Waals surface area contributed by atoms with Crippen LogP contribution in [0.15, 0.2) is 0 Å². The molecule has 2 aliphatic rings. The van der Waals surface area contributed by atoms with Crippen LogP contribution in [0.25, 0.3) is 0 Å². The highest BCUT2D eigenvalue weighted by atomic mass is 29.3. The molecule has 29 heavy (non-hydrogen) atoms. The summed E-state index contributed by atoms with van der Waals surface area (Å²) in [5, 5.41) is 0. The van der Waals surface area contributed by atoms with Crippen LogP contribution in [-0.2, 0) is 23.1 Å². The van der Waals surface area contributed by atoms with Gasteiger partial charge in [0.25, 0.3) is 0 Å². The number of hydrogen-bond acceptors (Lipinski definition) is 5. The Balaban J connectivity index is 1.76. The summed E-state index contributed by atoms with van der Waals surface area (Å²) in [7, 11) is -6.21. The molecule has 2 heterocycles. The van der Waals surface area contributed by atoms with Crippen LogP contribution in [0.4, 0.5) is 0 Å². The monoisotopic (exact) mass is 478 g/mol. The van der Waals surface area contributed by atoms with E-state index in [1.165, 1.54) is 12.1 Å². The van der Waals surface area contributed by atoms with Gasteiger partial charge in [0, 0.05) is 13.2 Å². The van der Waals surface area contributed by atoms with Crippen molar-refractivity contribution in [3.63, 3.8) is 0 Å². The maximum absolute atomic E-state index is 7.25. The van der Waals surface area contributed by atoms with E-state index in [0.29, 0.717) is 12.2 Å². The van der Waals surface area contributed by atoms with E-state index in [1.54, 1.807) is 0 Å². The fourth-order valence-electron chi connectivity index (χ4n) is 3.51. The Kier molecular flexibility index (Phi) is 9.41. The molecular formula is C20H46O5Si4. The van der Waals surface area contributed by atoms with Gasteiger partial charge < -0.3 is 23.1 Å². The molecular weight excluding hydrogens is 433 g/mol. The highest BCUT2D eigenvalue weighted by Gasteiger charge is 2.50. The second-order valence-corrected chi connectivity index (χ2v) is 41.9. The fraction of sp³-hybridized carbons (Fsp3) is 1.00. The molecule has 9 heteroatoms. The van der Waals surface area contributed by atoms with Crippen molar-refractivity contribution in [2.45, 2.75) is 89.5 Å². The molecule has 0 aromatic rings. The van der Waals surface area contributed by atoms with Crippen LogP contribution in [0.2, 0.25) is 64.5 Å². The predicted octanol–water partition coefficient (Wildman–Crippen LogP) is 4.60. The second-order valence-electron chi connectivity index (χ2n) is 11.2. The summed E-state index contributed by atoms with van der Waals surface area (Å²) in [6, 6.07) is 2.61. The highest BCUT2D eigenvalue weighted by Crippen LogP contribution is 2.34. The summed E-state index contributed by atoms with van der Waals surface area (Å²) in [5.74, 6) is 0. The van der Waals surface area contributed by atoms with Crippen molar-refractivity contribution in [3.05, 3.63) is 0 Å². The molecule has 2 atom stereocenters. The molecule has 0 spiro atoms. The normalized spacial score (nSPS) is 22.8. The van der Waals surface area contributed by atoms with Gasteiger partial charge in [0.1, 0.15) is 12.2 Å². The Hall–Kier alpha value is 0.668. The van der Waals surface area contributed by atoms with E-state index in [9.17, 15) is 0 Å². The van der Waals surface area contributed by atoms with Crippen molar-refractivity contribution < 1.29 is 23.1 Å². The third kappa shape index (κ3) is 8.61. The van der Waals surface area contributed by atoms with Crippen molar-refractivity contribution in [2.24, 2.45) is 0 Å². The number of hydrogen-bond donors (Lipinski definition) is 0. The first-order valence-corrected chi connectivity index (χ1v) is 25.7. The highest BCUT2D eigenvalue weighted by molar-refractivity contribution is 7.45. The van der Waals surface area contributed by atoms with E-state index >= 15 is 0 Å². The topological polar surface area (TPSA) is 52.8 Å². The summed E-state index contributed by atoms with van der Waals surface area (Å²) in [4.78, 5) is 0. The summed E-state index contributed by atoms with van der Waals surface area (Å²) in [6.07, 6.45) is 3.08. The Bertz CT molecular complexity index is 461. The minimum absolute atomic E-state index is 0.376. The van der Waals surface area contributed by atoms with Gasteiger partial charge in [-0.3, -0.25) is 0 Å². The SMILES string of the molecule is C[Si](C)(CCCOCC1CO1)[Si](C)(C)O[Si](C)(C)[Si](C)(C)CCCOCC1CO1. The van der Waals surface area contributed by atoms with Gasteiger partial charge in [-0.2, -0.15) is 0 Å². The lowest BCUT2D eigenvalue weighted by molar-refractivity contribution is 0.117. The van der Waals surface area contributed by atoms with Gasteiger partial charge in [-0.25, -0.2) is 0 Å². The predicted molar refractivity (Wildman–Crippen MR) is 131 cm³/mol. The average molecular weight is 479 g/mol. The van der Waals surface area contributed by atoms with Gasteiger partial charge in [0.2, 0.25) is 0 Å². The molecule has 2 unspecified atom stereocenters. The molecule has 0 N–H and O–H groups in total. The smallest absolute Gasteiger partial charge is 0.160 e. The fourth-order valence-corrected chi connectivity index (χ4v) is 29.2. The van der Waals surface area contributed by atoms with Crippen molar-refractivity contribution in [2.75, 3.05) is 39.6 Å². The quantitative estimate of drug-likeness (QED) is 0.184. The minimum atomic E-state index is -1.70. The van der Waals surface area contributed by atoms with E-state index in [1.807, 2.05) is 0 Å². The Morgan fingerprint density at radius 2 is 1.00 bits per heavy atom. The first-order valence-electron chi connectivity index (χ1n) is 11.5. The molecule has 2 saturated heterocycles. The summed E-state index contributed by atoms with van der Waals surface area (Å²) in [5.41, 5.74) is 0. The van der Waals surface area contributed by atoms with Gasteiger partial charge in [-0.1, -0.05) is 38.3 Å². The van der Waals surface area contributed by atoms with Crippen LogP contribution >= 0.6 is 0 Å². The Morgan fingerprint density at radius 1 is 0.655 bits per heavy atom. The van der Waals surface area contributed by atoms with Crippen molar-refractivity contribution in [3.8, 4) is 0 Å². The first kappa shape index (κ1) is 25.9. The lowest BCUT2D eigenvalue weighted by Gasteiger charge is -2.48. The van der Waals surface area contributed by atoms with E-state index < -0.39 is 30.9 Å². The number of epoxide rings is 2. The largest absolute Gasteiger partial charge is 0.460 e. The summed E-state index contributed by atoms with van der Waals surface area (Å²) >= 11 is 0. The molecule has 0 radical (unpaired) electrons. The van der Waals surface area contributed by atoms with Crippen LogP contribution < -0.4 is 0 Å². The molecule has 0 amide bonds. The Morgan fingerprint density at radius 3 is 1.31 bits per heavy atom. The molecule has 2 rings (SSSR count). The van der Waals surface area contributed by atoms with E-state index in [-0.39, 0.29) is 0 Å². The molecule has 2 fully saturated rings. The molecule has 2 aliphatic heterocycles. The second kappa shape index (κ2) is 10.5. The van der Waals surface area contributed by atoms with Crippen molar-refractivity contribution >= 4 is 30.9 Å². The average Bonchev–Trinajstić information content (AvgIpc) is 3.48. The standard InChI is InChI=1S/C20H46O5Si4/c1-26(2,13-9-11-21-15-19-17-23-19)28(5,6)25-29(7,8)27(3,4)14-10-12-22-16-20-18-24-20/h19-20H,9-18H2,1-8H3. The third-order valence-electron chi connectivity index (χ3n) is 7.36. The van der Waals surface area contributed by atoms with Gasteiger partial charge in [0.15, 0.2) is 15.7 Å². The maximum Gasteiger partial charge on any atom is 0.160 e. The van der Waals surface area contributed by atoms with Crippen LogP contribution in [0.3, 0.4) is 0 Å². The van der Waals surface area contributed by atoms with Gasteiger partial charge in [0.05, 0.1) is 41.6 Å². The number of rotatable bonds is 16. The minimum Gasteiger partial charge on any atom is -0.460 e. The van der Waals surface area contributed by atoms with Crippen LogP contribution in [0, 0.1) is 0 Å². The van der Waals surface area contributed by atoms with Gasteiger partial charge >= 0.3 is 0 Å². The molecule has 0 aromatic carbocycles. The van der Waals surface area contributed by atoms with E-state index in [4.69, 9.17) is 23.1 Å². The zero-order valence-electron chi connectivity index (χ0n) is 20.3. The zero-order valence-corrected chi connectivity index (χ0v) is 24.3. The lowest BCUT2D eigenvalue weighted by atomic mass is 10.5. The van der Waals surface area contributed by atoms with Gasteiger partial charge in [-0.15, -0.1) is 0 Å². The van der Waals surface area contributed by atoms with Gasteiger partial charge in [-0.05, 0) is 39.0 Å². The first-order chi connectivity index (χ1) is 13.4. The molecule has 0 bridgehead atoms. The molecule has 5 nitrogen and oxygen atoms in total. The summed E-state index contributed by atoms with van der Waals surface area (Å²) < 4.78 is 29.2.